The third kappa shape index (κ3) is 4.49. The first-order valence-corrected chi connectivity index (χ1v) is 10.6. The SMILES string of the molecule is CCCCn1c(N)c(N(Cc2ccco2)C(=O)c2cccc(-n3cccn3)c2)c(=O)[nH]c1=O. The zero-order chi connectivity index (χ0) is 23.4. The summed E-state index contributed by atoms with van der Waals surface area (Å²) < 4.78 is 8.33. The number of rotatable bonds is 8. The number of amides is 1. The lowest BCUT2D eigenvalue weighted by Crippen LogP contribution is -2.41. The Morgan fingerprint density at radius 3 is 2.76 bits per heavy atom. The summed E-state index contributed by atoms with van der Waals surface area (Å²) in [5.74, 6) is -0.0877. The van der Waals surface area contributed by atoms with E-state index in [1.165, 1.54) is 15.7 Å². The van der Waals surface area contributed by atoms with Gasteiger partial charge in [-0.05, 0) is 42.8 Å². The average molecular weight is 448 g/mol. The summed E-state index contributed by atoms with van der Waals surface area (Å²) in [6.45, 7) is 2.26. The van der Waals surface area contributed by atoms with Crippen molar-refractivity contribution >= 4 is 17.4 Å². The third-order valence-electron chi connectivity index (χ3n) is 5.22. The largest absolute Gasteiger partial charge is 0.467 e. The smallest absolute Gasteiger partial charge is 0.330 e. The van der Waals surface area contributed by atoms with E-state index in [1.54, 1.807) is 53.5 Å². The molecule has 4 aromatic rings. The van der Waals surface area contributed by atoms with Gasteiger partial charge in [0.25, 0.3) is 11.5 Å². The Morgan fingerprint density at radius 1 is 1.21 bits per heavy atom. The molecule has 0 saturated carbocycles. The number of unbranched alkanes of at least 4 members (excludes halogenated alkanes) is 1. The summed E-state index contributed by atoms with van der Waals surface area (Å²) in [5.41, 5.74) is 5.83. The van der Waals surface area contributed by atoms with Gasteiger partial charge in [-0.3, -0.25) is 24.0 Å². The molecule has 170 valence electrons. The second-order valence-corrected chi connectivity index (χ2v) is 7.47. The highest BCUT2D eigenvalue weighted by atomic mass is 16.3. The molecule has 1 aromatic carbocycles. The normalized spacial score (nSPS) is 10.9. The zero-order valence-corrected chi connectivity index (χ0v) is 18.1. The molecule has 3 N–H and O–H groups in total. The quantitative estimate of drug-likeness (QED) is 0.426. The summed E-state index contributed by atoms with van der Waals surface area (Å²) in [6.07, 6.45) is 6.39. The molecule has 0 aliphatic heterocycles. The lowest BCUT2D eigenvalue weighted by Gasteiger charge is -2.24. The van der Waals surface area contributed by atoms with E-state index in [0.717, 1.165) is 6.42 Å². The molecule has 10 heteroatoms. The fourth-order valence-electron chi connectivity index (χ4n) is 3.55. The van der Waals surface area contributed by atoms with E-state index in [2.05, 4.69) is 10.1 Å². The lowest BCUT2D eigenvalue weighted by molar-refractivity contribution is 0.0983. The molecule has 4 rings (SSSR count). The molecule has 33 heavy (non-hydrogen) atoms. The Balaban J connectivity index is 1.82. The van der Waals surface area contributed by atoms with Crippen molar-refractivity contribution in [2.24, 2.45) is 0 Å². The number of aromatic amines is 1. The van der Waals surface area contributed by atoms with Crippen molar-refractivity contribution in [2.75, 3.05) is 10.6 Å². The Labute approximate surface area is 188 Å². The van der Waals surface area contributed by atoms with Crippen LogP contribution in [0.5, 0.6) is 0 Å². The van der Waals surface area contributed by atoms with Crippen molar-refractivity contribution in [3.63, 3.8) is 0 Å². The van der Waals surface area contributed by atoms with E-state index < -0.39 is 17.2 Å². The molecule has 0 radical (unpaired) electrons. The number of nitrogens with zero attached hydrogens (tertiary/aromatic N) is 4. The van der Waals surface area contributed by atoms with Crippen LogP contribution in [0.2, 0.25) is 0 Å². The van der Waals surface area contributed by atoms with E-state index in [9.17, 15) is 14.4 Å². The molecular formula is C23H24N6O4. The van der Waals surface area contributed by atoms with Gasteiger partial charge < -0.3 is 10.2 Å². The Hall–Kier alpha value is -4.34. The molecule has 10 nitrogen and oxygen atoms in total. The van der Waals surface area contributed by atoms with Crippen LogP contribution in [0.4, 0.5) is 11.5 Å². The Kier molecular flexibility index (Phi) is 6.25. The maximum Gasteiger partial charge on any atom is 0.330 e. The monoisotopic (exact) mass is 448 g/mol. The predicted molar refractivity (Wildman–Crippen MR) is 123 cm³/mol. The van der Waals surface area contributed by atoms with E-state index in [-0.39, 0.29) is 18.1 Å². The molecule has 0 unspecified atom stereocenters. The van der Waals surface area contributed by atoms with Crippen LogP contribution in [0.15, 0.2) is 75.1 Å². The number of benzene rings is 1. The van der Waals surface area contributed by atoms with Gasteiger partial charge in [0.15, 0.2) is 5.69 Å². The number of H-pyrrole nitrogens is 1. The van der Waals surface area contributed by atoms with Crippen molar-refractivity contribution in [1.82, 2.24) is 19.3 Å². The van der Waals surface area contributed by atoms with Crippen LogP contribution < -0.4 is 21.9 Å². The van der Waals surface area contributed by atoms with Crippen LogP contribution in [-0.4, -0.2) is 25.2 Å². The van der Waals surface area contributed by atoms with Crippen molar-refractivity contribution in [3.05, 3.63) is 93.3 Å². The predicted octanol–water partition coefficient (Wildman–Crippen LogP) is 2.54. The molecule has 0 saturated heterocycles. The van der Waals surface area contributed by atoms with Crippen LogP contribution in [-0.2, 0) is 13.1 Å². The van der Waals surface area contributed by atoms with Gasteiger partial charge in [0, 0.05) is 24.5 Å². The van der Waals surface area contributed by atoms with Crippen molar-refractivity contribution in [1.29, 1.82) is 0 Å². The van der Waals surface area contributed by atoms with Crippen LogP contribution in [0.3, 0.4) is 0 Å². The number of hydrogen-bond donors (Lipinski definition) is 2. The minimum Gasteiger partial charge on any atom is -0.467 e. The second-order valence-electron chi connectivity index (χ2n) is 7.47. The van der Waals surface area contributed by atoms with Gasteiger partial charge in [-0.15, -0.1) is 0 Å². The molecule has 0 atom stereocenters. The van der Waals surface area contributed by atoms with Crippen LogP contribution >= 0.6 is 0 Å². The minimum absolute atomic E-state index is 0.0446. The van der Waals surface area contributed by atoms with E-state index in [0.29, 0.717) is 30.0 Å². The molecule has 0 bridgehead atoms. The van der Waals surface area contributed by atoms with Gasteiger partial charge in [-0.2, -0.15) is 5.10 Å². The molecule has 0 fully saturated rings. The van der Waals surface area contributed by atoms with E-state index in [1.807, 2.05) is 13.0 Å². The topological polar surface area (TPSA) is 132 Å². The molecule has 0 spiro atoms. The Bertz CT molecular complexity index is 1350. The summed E-state index contributed by atoms with van der Waals surface area (Å²) >= 11 is 0. The van der Waals surface area contributed by atoms with Gasteiger partial charge >= 0.3 is 5.69 Å². The lowest BCUT2D eigenvalue weighted by atomic mass is 10.1. The van der Waals surface area contributed by atoms with Gasteiger partial charge in [-0.1, -0.05) is 19.4 Å². The van der Waals surface area contributed by atoms with E-state index in [4.69, 9.17) is 10.2 Å². The first-order valence-electron chi connectivity index (χ1n) is 10.6. The maximum atomic E-state index is 13.7. The average Bonchev–Trinajstić information content (AvgIpc) is 3.52. The van der Waals surface area contributed by atoms with Gasteiger partial charge in [0.1, 0.15) is 11.6 Å². The molecule has 0 aliphatic carbocycles. The number of nitrogen functional groups attached to an aromatic ring is 1. The number of anilines is 2. The number of carbonyl (C=O) groups is 1. The Morgan fingerprint density at radius 2 is 2.06 bits per heavy atom. The van der Waals surface area contributed by atoms with Crippen LogP contribution in [0.25, 0.3) is 5.69 Å². The van der Waals surface area contributed by atoms with E-state index >= 15 is 0 Å². The minimum atomic E-state index is -0.742. The molecule has 3 aromatic heterocycles. The van der Waals surface area contributed by atoms with Crippen LogP contribution in [0, 0.1) is 0 Å². The maximum absolute atomic E-state index is 13.7. The number of furan rings is 1. The summed E-state index contributed by atoms with van der Waals surface area (Å²) in [5, 5.41) is 4.19. The zero-order valence-electron chi connectivity index (χ0n) is 18.1. The summed E-state index contributed by atoms with van der Waals surface area (Å²) in [4.78, 5) is 42.4. The summed E-state index contributed by atoms with van der Waals surface area (Å²) in [6, 6.07) is 12.0. The first-order chi connectivity index (χ1) is 16.0. The number of hydrogen-bond acceptors (Lipinski definition) is 6. The van der Waals surface area contributed by atoms with Crippen LogP contribution in [0.1, 0.15) is 35.9 Å². The number of aromatic nitrogens is 4. The highest BCUT2D eigenvalue weighted by molar-refractivity contribution is 6.07. The standard InChI is InChI=1S/C23H24N6O4/c1-2-3-11-27-20(24)19(21(30)26-23(27)32)28(15-18-9-5-13-33-18)22(31)16-7-4-8-17(14-16)29-12-6-10-25-29/h4-10,12-14H,2-3,11,15,24H2,1H3,(H,26,30,32). The van der Waals surface area contributed by atoms with Gasteiger partial charge in [0.05, 0.1) is 18.5 Å². The fraction of sp³-hybridized carbons (Fsp3) is 0.217. The highest BCUT2D eigenvalue weighted by Gasteiger charge is 2.26. The molecular weight excluding hydrogens is 424 g/mol. The number of nitrogens with two attached hydrogens (primary N) is 1. The number of nitrogens with one attached hydrogen (secondary N) is 1. The van der Waals surface area contributed by atoms with Crippen molar-refractivity contribution in [2.45, 2.75) is 32.9 Å². The van der Waals surface area contributed by atoms with Gasteiger partial charge in [-0.25, -0.2) is 9.48 Å². The van der Waals surface area contributed by atoms with Crippen molar-refractivity contribution in [3.8, 4) is 5.69 Å². The number of carbonyl (C=O) groups excluding carboxylic acids is 1. The second kappa shape index (κ2) is 9.43. The summed E-state index contributed by atoms with van der Waals surface area (Å²) in [7, 11) is 0. The van der Waals surface area contributed by atoms with Gasteiger partial charge in [0.2, 0.25) is 0 Å². The third-order valence-corrected chi connectivity index (χ3v) is 5.22. The highest BCUT2D eigenvalue weighted by Crippen LogP contribution is 2.23. The fourth-order valence-corrected chi connectivity index (χ4v) is 3.55. The molecule has 1 amide bonds. The van der Waals surface area contributed by atoms with Crippen molar-refractivity contribution < 1.29 is 9.21 Å². The molecule has 0 aliphatic rings. The first kappa shape index (κ1) is 21.9. The molecule has 3 heterocycles.